The summed E-state index contributed by atoms with van der Waals surface area (Å²) >= 11 is 0. The fourth-order valence-electron chi connectivity index (χ4n) is 1.50. The van der Waals surface area contributed by atoms with Crippen LogP contribution < -0.4 is 0 Å². The number of benzene rings is 1. The minimum absolute atomic E-state index is 0.368. The number of esters is 1. The third-order valence-corrected chi connectivity index (χ3v) is 2.54. The number of rotatable bonds is 7. The van der Waals surface area contributed by atoms with Crippen LogP contribution in [0.1, 0.15) is 38.7 Å². The van der Waals surface area contributed by atoms with Crippen LogP contribution in [0.2, 0.25) is 0 Å². The Morgan fingerprint density at radius 2 is 2.14 bits per heavy atom. The average Bonchev–Trinajstić information content (AvgIpc) is 2.48. The van der Waals surface area contributed by atoms with Crippen molar-refractivity contribution in [2.75, 3.05) is 0 Å². The van der Waals surface area contributed by atoms with E-state index in [4.69, 9.17) is 9.57 Å². The Morgan fingerprint density at radius 3 is 2.81 bits per heavy atom. The molecule has 0 saturated carbocycles. The van der Waals surface area contributed by atoms with E-state index in [1.807, 2.05) is 30.3 Å². The molecule has 0 heterocycles. The molecule has 0 aromatic heterocycles. The molecule has 1 aromatic rings. The number of oxime groups is 1. The van der Waals surface area contributed by atoms with Gasteiger partial charge >= 0.3 is 5.97 Å². The first-order chi connectivity index (χ1) is 10.2. The van der Waals surface area contributed by atoms with Crippen molar-refractivity contribution in [3.05, 3.63) is 35.9 Å². The quantitative estimate of drug-likeness (QED) is 0.254. The molecule has 21 heavy (non-hydrogen) atoms. The van der Waals surface area contributed by atoms with Crippen LogP contribution >= 0.6 is 0 Å². The van der Waals surface area contributed by atoms with Crippen LogP contribution in [0.4, 0.5) is 0 Å². The van der Waals surface area contributed by atoms with Gasteiger partial charge in [-0.05, 0) is 12.0 Å². The molecule has 1 unspecified atom stereocenters. The number of nitrogens with zero attached hydrogens (tertiary/aromatic N) is 1. The molecule has 0 spiro atoms. The van der Waals surface area contributed by atoms with Crippen molar-refractivity contribution in [3.8, 4) is 11.8 Å². The highest BCUT2D eigenvalue weighted by Crippen LogP contribution is 2.00. The van der Waals surface area contributed by atoms with Gasteiger partial charge in [0.1, 0.15) is 6.61 Å². The smallest absolute Gasteiger partial charge is 0.304 e. The van der Waals surface area contributed by atoms with Crippen molar-refractivity contribution in [3.63, 3.8) is 0 Å². The van der Waals surface area contributed by atoms with Crippen molar-refractivity contribution >= 4 is 12.2 Å². The van der Waals surface area contributed by atoms with E-state index in [0.29, 0.717) is 6.61 Å². The van der Waals surface area contributed by atoms with E-state index in [2.05, 4.69) is 23.9 Å². The second kappa shape index (κ2) is 10.5. The first-order valence-corrected chi connectivity index (χ1v) is 7.07. The highest BCUT2D eigenvalue weighted by atomic mass is 16.6. The van der Waals surface area contributed by atoms with Gasteiger partial charge in [0.2, 0.25) is 6.10 Å². The number of ether oxygens (including phenoxy) is 1. The van der Waals surface area contributed by atoms with Gasteiger partial charge in [0.15, 0.2) is 0 Å². The molecular formula is C17H21NO3. The zero-order valence-corrected chi connectivity index (χ0v) is 12.5. The molecule has 1 aromatic carbocycles. The summed E-state index contributed by atoms with van der Waals surface area (Å²) in [4.78, 5) is 16.2. The molecule has 0 radical (unpaired) electrons. The van der Waals surface area contributed by atoms with Gasteiger partial charge in [0.25, 0.3) is 0 Å². The predicted molar refractivity (Wildman–Crippen MR) is 82.6 cm³/mol. The lowest BCUT2D eigenvalue weighted by Gasteiger charge is -2.05. The van der Waals surface area contributed by atoms with Crippen LogP contribution in [0.25, 0.3) is 0 Å². The SMILES string of the molecule is CCCCC#CC(/C=N/OCc1ccccc1)OC(C)=O. The van der Waals surface area contributed by atoms with Gasteiger partial charge in [-0.2, -0.15) is 0 Å². The highest BCUT2D eigenvalue weighted by molar-refractivity contribution is 5.74. The Hall–Kier alpha value is -2.28. The Morgan fingerprint density at radius 1 is 1.38 bits per heavy atom. The van der Waals surface area contributed by atoms with Crippen molar-refractivity contribution in [1.82, 2.24) is 0 Å². The summed E-state index contributed by atoms with van der Waals surface area (Å²) in [5.41, 5.74) is 1.02. The van der Waals surface area contributed by atoms with E-state index in [-0.39, 0.29) is 5.97 Å². The maximum absolute atomic E-state index is 11.0. The minimum atomic E-state index is -0.657. The van der Waals surface area contributed by atoms with E-state index in [0.717, 1.165) is 24.8 Å². The summed E-state index contributed by atoms with van der Waals surface area (Å²) in [6.45, 7) is 3.82. The molecule has 0 aliphatic rings. The second-order valence-corrected chi connectivity index (χ2v) is 4.47. The fraction of sp³-hybridized carbons (Fsp3) is 0.412. The summed E-state index contributed by atoms with van der Waals surface area (Å²) < 4.78 is 5.04. The topological polar surface area (TPSA) is 47.9 Å². The zero-order valence-electron chi connectivity index (χ0n) is 12.5. The van der Waals surface area contributed by atoms with Crippen molar-refractivity contribution in [2.45, 2.75) is 45.8 Å². The van der Waals surface area contributed by atoms with E-state index >= 15 is 0 Å². The van der Waals surface area contributed by atoms with Crippen molar-refractivity contribution in [2.24, 2.45) is 5.16 Å². The Kier molecular flexibility index (Phi) is 8.39. The van der Waals surface area contributed by atoms with Gasteiger partial charge in [-0.3, -0.25) is 4.79 Å². The highest BCUT2D eigenvalue weighted by Gasteiger charge is 2.04. The molecule has 0 N–H and O–H groups in total. The zero-order chi connectivity index (χ0) is 15.3. The van der Waals surface area contributed by atoms with E-state index in [1.54, 1.807) is 0 Å². The number of hydrogen-bond acceptors (Lipinski definition) is 4. The number of carbonyl (C=O) groups excluding carboxylic acids is 1. The lowest BCUT2D eigenvalue weighted by molar-refractivity contribution is -0.141. The molecule has 0 amide bonds. The van der Waals surface area contributed by atoms with Crippen LogP contribution in [0.15, 0.2) is 35.5 Å². The average molecular weight is 287 g/mol. The molecule has 112 valence electrons. The second-order valence-electron chi connectivity index (χ2n) is 4.47. The Bertz CT molecular complexity index is 500. The number of unbranched alkanes of at least 4 members (excludes halogenated alkanes) is 2. The van der Waals surface area contributed by atoms with Gasteiger partial charge in [0, 0.05) is 13.3 Å². The Balaban J connectivity index is 2.44. The monoisotopic (exact) mass is 287 g/mol. The fourth-order valence-corrected chi connectivity index (χ4v) is 1.50. The Labute approximate surface area is 126 Å². The third-order valence-electron chi connectivity index (χ3n) is 2.54. The molecule has 1 rings (SSSR count). The largest absolute Gasteiger partial charge is 0.443 e. The van der Waals surface area contributed by atoms with Gasteiger partial charge < -0.3 is 9.57 Å². The summed E-state index contributed by atoms with van der Waals surface area (Å²) in [7, 11) is 0. The van der Waals surface area contributed by atoms with Crippen LogP contribution in [0, 0.1) is 11.8 Å². The van der Waals surface area contributed by atoms with Gasteiger partial charge in [-0.1, -0.05) is 60.7 Å². The predicted octanol–water partition coefficient (Wildman–Crippen LogP) is 3.31. The van der Waals surface area contributed by atoms with E-state index < -0.39 is 6.10 Å². The van der Waals surface area contributed by atoms with Crippen LogP contribution in [-0.4, -0.2) is 18.3 Å². The van der Waals surface area contributed by atoms with Crippen molar-refractivity contribution in [1.29, 1.82) is 0 Å². The summed E-state index contributed by atoms with van der Waals surface area (Å²) in [6.07, 6.45) is 3.65. The molecule has 0 aliphatic heterocycles. The molecule has 0 aliphatic carbocycles. The van der Waals surface area contributed by atoms with Gasteiger partial charge in [0.05, 0.1) is 6.21 Å². The lowest BCUT2D eigenvalue weighted by atomic mass is 10.2. The normalized spacial score (nSPS) is 11.5. The maximum Gasteiger partial charge on any atom is 0.304 e. The summed E-state index contributed by atoms with van der Waals surface area (Å²) in [5.74, 6) is 5.45. The number of hydrogen-bond donors (Lipinski definition) is 0. The molecule has 0 saturated heterocycles. The van der Waals surface area contributed by atoms with Gasteiger partial charge in [-0.25, -0.2) is 0 Å². The first kappa shape index (κ1) is 16.8. The maximum atomic E-state index is 11.0. The molecule has 0 bridgehead atoms. The van der Waals surface area contributed by atoms with Crippen LogP contribution in [0.5, 0.6) is 0 Å². The molecule has 4 heteroatoms. The van der Waals surface area contributed by atoms with Crippen LogP contribution in [-0.2, 0) is 21.0 Å². The van der Waals surface area contributed by atoms with Gasteiger partial charge in [-0.15, -0.1) is 0 Å². The number of carbonyl (C=O) groups is 1. The van der Waals surface area contributed by atoms with E-state index in [9.17, 15) is 4.79 Å². The first-order valence-electron chi connectivity index (χ1n) is 7.07. The lowest BCUT2D eigenvalue weighted by Crippen LogP contribution is -2.15. The van der Waals surface area contributed by atoms with Crippen LogP contribution in [0.3, 0.4) is 0 Å². The van der Waals surface area contributed by atoms with Crippen molar-refractivity contribution < 1.29 is 14.4 Å². The van der Waals surface area contributed by atoms with E-state index in [1.165, 1.54) is 13.1 Å². The standard InChI is InChI=1S/C17H21NO3/c1-3-4-5-9-12-17(21-15(2)19)13-18-20-14-16-10-7-6-8-11-16/h6-8,10-11,13,17H,3-5,14H2,1-2H3/b18-13+. The molecule has 1 atom stereocenters. The molecular weight excluding hydrogens is 266 g/mol. The summed E-state index contributed by atoms with van der Waals surface area (Å²) in [6, 6.07) is 9.70. The third kappa shape index (κ3) is 8.48. The molecule has 4 nitrogen and oxygen atoms in total. The summed E-state index contributed by atoms with van der Waals surface area (Å²) in [5, 5.41) is 3.81. The minimum Gasteiger partial charge on any atom is -0.443 e. The molecule has 0 fully saturated rings.